The minimum Gasteiger partial charge on any atom is -0.390 e. The highest BCUT2D eigenvalue weighted by molar-refractivity contribution is 7.09. The second-order valence-corrected chi connectivity index (χ2v) is 4.79. The van der Waals surface area contributed by atoms with E-state index in [-0.39, 0.29) is 6.61 Å². The zero-order valence-corrected chi connectivity index (χ0v) is 10.1. The third-order valence-electron chi connectivity index (χ3n) is 2.14. The number of rotatable bonds is 4. The van der Waals surface area contributed by atoms with Crippen LogP contribution < -0.4 is 0 Å². The Balaban J connectivity index is 2.08. The van der Waals surface area contributed by atoms with Crippen LogP contribution in [0.5, 0.6) is 0 Å². The Kier molecular flexibility index (Phi) is 3.31. The summed E-state index contributed by atoms with van der Waals surface area (Å²) in [5.41, 5.74) is 1.57. The summed E-state index contributed by atoms with van der Waals surface area (Å²) in [7, 11) is 0. The van der Waals surface area contributed by atoms with Crippen molar-refractivity contribution in [1.82, 2.24) is 20.0 Å². The van der Waals surface area contributed by atoms with Crippen LogP contribution in [0.2, 0.25) is 0 Å². The lowest BCUT2D eigenvalue weighted by atomic mass is 10.2. The van der Waals surface area contributed by atoms with Gasteiger partial charge in [0.2, 0.25) is 0 Å². The molecule has 6 heteroatoms. The maximum atomic E-state index is 8.86. The van der Waals surface area contributed by atoms with Gasteiger partial charge in [-0.2, -0.15) is 0 Å². The Morgan fingerprint density at radius 1 is 1.44 bits per heavy atom. The summed E-state index contributed by atoms with van der Waals surface area (Å²) in [5.74, 6) is 0.461. The molecule has 2 aromatic heterocycles. The Morgan fingerprint density at radius 3 is 2.81 bits per heavy atom. The molecule has 0 unspecified atom stereocenters. The van der Waals surface area contributed by atoms with E-state index in [0.717, 1.165) is 10.7 Å². The molecule has 0 radical (unpaired) electrons. The first-order chi connectivity index (χ1) is 7.69. The van der Waals surface area contributed by atoms with Gasteiger partial charge in [0.05, 0.1) is 30.1 Å². The lowest BCUT2D eigenvalue weighted by molar-refractivity contribution is 0.276. The van der Waals surface area contributed by atoms with Crippen molar-refractivity contribution in [2.75, 3.05) is 0 Å². The first-order valence-corrected chi connectivity index (χ1v) is 6.01. The molecule has 1 N–H and O–H groups in total. The highest BCUT2D eigenvalue weighted by atomic mass is 32.1. The summed E-state index contributed by atoms with van der Waals surface area (Å²) in [6, 6.07) is 0. The fourth-order valence-corrected chi connectivity index (χ4v) is 2.14. The average molecular weight is 238 g/mol. The van der Waals surface area contributed by atoms with Crippen LogP contribution in [-0.4, -0.2) is 25.1 Å². The number of thiazole rings is 1. The number of hydrogen-bond donors (Lipinski definition) is 1. The smallest absolute Gasteiger partial charge is 0.108 e. The molecule has 86 valence electrons. The third-order valence-corrected chi connectivity index (χ3v) is 3.33. The Hall–Kier alpha value is -1.27. The van der Waals surface area contributed by atoms with Crippen LogP contribution in [0.15, 0.2) is 11.6 Å². The molecule has 2 rings (SSSR count). The summed E-state index contributed by atoms with van der Waals surface area (Å²) >= 11 is 1.67. The van der Waals surface area contributed by atoms with Crippen molar-refractivity contribution in [3.63, 3.8) is 0 Å². The fourth-order valence-electron chi connectivity index (χ4n) is 1.31. The van der Waals surface area contributed by atoms with Gasteiger partial charge in [0.1, 0.15) is 5.69 Å². The maximum Gasteiger partial charge on any atom is 0.108 e. The van der Waals surface area contributed by atoms with Crippen LogP contribution in [0.3, 0.4) is 0 Å². The van der Waals surface area contributed by atoms with Gasteiger partial charge in [0.15, 0.2) is 0 Å². The van der Waals surface area contributed by atoms with Gasteiger partial charge < -0.3 is 5.11 Å². The van der Waals surface area contributed by atoms with Crippen molar-refractivity contribution >= 4 is 11.3 Å². The van der Waals surface area contributed by atoms with Gasteiger partial charge in [-0.25, -0.2) is 9.67 Å². The molecule has 0 fully saturated rings. The van der Waals surface area contributed by atoms with Gasteiger partial charge in [-0.1, -0.05) is 19.1 Å². The summed E-state index contributed by atoms with van der Waals surface area (Å²) < 4.78 is 1.69. The van der Waals surface area contributed by atoms with Gasteiger partial charge in [-0.15, -0.1) is 16.4 Å². The van der Waals surface area contributed by atoms with Gasteiger partial charge in [-0.05, 0) is 0 Å². The van der Waals surface area contributed by atoms with Crippen LogP contribution >= 0.6 is 11.3 Å². The Labute approximate surface area is 97.8 Å². The van der Waals surface area contributed by atoms with E-state index in [1.165, 1.54) is 0 Å². The number of aromatic nitrogens is 4. The van der Waals surface area contributed by atoms with Crippen LogP contribution in [0.1, 0.15) is 36.2 Å². The van der Waals surface area contributed by atoms with E-state index >= 15 is 0 Å². The van der Waals surface area contributed by atoms with Crippen LogP contribution in [0.4, 0.5) is 0 Å². The molecule has 0 saturated heterocycles. The van der Waals surface area contributed by atoms with E-state index in [1.807, 2.05) is 5.38 Å². The van der Waals surface area contributed by atoms with E-state index in [0.29, 0.717) is 18.2 Å². The maximum absolute atomic E-state index is 8.86. The van der Waals surface area contributed by atoms with Crippen LogP contribution in [-0.2, 0) is 13.2 Å². The third kappa shape index (κ3) is 2.45. The summed E-state index contributed by atoms with van der Waals surface area (Å²) in [4.78, 5) is 4.51. The Morgan fingerprint density at radius 2 is 2.25 bits per heavy atom. The molecule has 0 aliphatic carbocycles. The van der Waals surface area contributed by atoms with Crippen molar-refractivity contribution in [3.8, 4) is 0 Å². The molecule has 0 bridgehead atoms. The predicted molar refractivity (Wildman–Crippen MR) is 61.2 cm³/mol. The Bertz CT molecular complexity index is 463. The molecule has 0 atom stereocenters. The molecule has 0 aromatic carbocycles. The summed E-state index contributed by atoms with van der Waals surface area (Å²) in [6.45, 7) is 4.79. The summed E-state index contributed by atoms with van der Waals surface area (Å²) in [6.07, 6.45) is 1.73. The quantitative estimate of drug-likeness (QED) is 0.874. The minimum atomic E-state index is -0.0751. The zero-order chi connectivity index (χ0) is 11.5. The zero-order valence-electron chi connectivity index (χ0n) is 9.29. The average Bonchev–Trinajstić information content (AvgIpc) is 2.87. The molecule has 2 heterocycles. The fraction of sp³-hybridized carbons (Fsp3) is 0.500. The molecule has 0 amide bonds. The van der Waals surface area contributed by atoms with E-state index < -0.39 is 0 Å². The minimum absolute atomic E-state index is 0.0751. The summed E-state index contributed by atoms with van der Waals surface area (Å²) in [5, 5.41) is 19.8. The molecule has 0 saturated carbocycles. The normalized spacial score (nSPS) is 11.2. The molecule has 2 aromatic rings. The number of aliphatic hydroxyl groups is 1. The number of nitrogens with zero attached hydrogens (tertiary/aromatic N) is 4. The number of hydrogen-bond acceptors (Lipinski definition) is 5. The van der Waals surface area contributed by atoms with E-state index in [4.69, 9.17) is 5.11 Å². The van der Waals surface area contributed by atoms with Gasteiger partial charge in [0, 0.05) is 11.3 Å². The van der Waals surface area contributed by atoms with Crippen molar-refractivity contribution in [2.24, 2.45) is 0 Å². The van der Waals surface area contributed by atoms with Crippen LogP contribution in [0.25, 0.3) is 0 Å². The standard InChI is InChI=1S/C10H14N4OS/c1-7(2)10-11-9(6-16-10)4-14-3-8(5-15)12-13-14/h3,6-7,15H,4-5H2,1-2H3. The highest BCUT2D eigenvalue weighted by Crippen LogP contribution is 2.19. The van der Waals surface area contributed by atoms with Crippen molar-refractivity contribution in [2.45, 2.75) is 32.9 Å². The molecule has 0 aliphatic rings. The lowest BCUT2D eigenvalue weighted by Gasteiger charge is -1.97. The van der Waals surface area contributed by atoms with Crippen LogP contribution in [0, 0.1) is 0 Å². The first-order valence-electron chi connectivity index (χ1n) is 5.13. The van der Waals surface area contributed by atoms with Crippen molar-refractivity contribution in [1.29, 1.82) is 0 Å². The molecular formula is C10H14N4OS. The number of aliphatic hydroxyl groups excluding tert-OH is 1. The monoisotopic (exact) mass is 238 g/mol. The SMILES string of the molecule is CC(C)c1nc(Cn2cc(CO)nn2)cs1. The van der Waals surface area contributed by atoms with Crippen molar-refractivity contribution in [3.05, 3.63) is 28.0 Å². The van der Waals surface area contributed by atoms with Gasteiger partial charge in [-0.3, -0.25) is 0 Å². The molecule has 16 heavy (non-hydrogen) atoms. The lowest BCUT2D eigenvalue weighted by Crippen LogP contribution is -2.01. The van der Waals surface area contributed by atoms with Gasteiger partial charge in [0.25, 0.3) is 0 Å². The molecular weight excluding hydrogens is 224 g/mol. The second-order valence-electron chi connectivity index (χ2n) is 3.90. The second kappa shape index (κ2) is 4.71. The predicted octanol–water partition coefficient (Wildman–Crippen LogP) is 1.40. The van der Waals surface area contributed by atoms with E-state index in [9.17, 15) is 0 Å². The molecule has 0 spiro atoms. The molecule has 5 nitrogen and oxygen atoms in total. The largest absolute Gasteiger partial charge is 0.390 e. The van der Waals surface area contributed by atoms with E-state index in [2.05, 4.69) is 29.1 Å². The highest BCUT2D eigenvalue weighted by Gasteiger charge is 2.07. The van der Waals surface area contributed by atoms with Crippen molar-refractivity contribution < 1.29 is 5.11 Å². The molecule has 0 aliphatic heterocycles. The topological polar surface area (TPSA) is 63.8 Å². The van der Waals surface area contributed by atoms with E-state index in [1.54, 1.807) is 22.2 Å². The van der Waals surface area contributed by atoms with Gasteiger partial charge >= 0.3 is 0 Å². The first kappa shape index (κ1) is 11.2.